The van der Waals surface area contributed by atoms with E-state index in [1.165, 1.54) is 6.07 Å². The predicted octanol–water partition coefficient (Wildman–Crippen LogP) is 2.59. The lowest BCUT2D eigenvalue weighted by Gasteiger charge is -2.11. The minimum Gasteiger partial charge on any atom is -0.324 e. The Morgan fingerprint density at radius 3 is 2.83 bits per heavy atom. The first-order valence-corrected chi connectivity index (χ1v) is 6.13. The maximum absolute atomic E-state index is 13.5. The van der Waals surface area contributed by atoms with E-state index in [4.69, 9.17) is 5.73 Å². The van der Waals surface area contributed by atoms with Gasteiger partial charge in [-0.15, -0.1) is 0 Å². The highest BCUT2D eigenvalue weighted by atomic mass is 19.1. The molecule has 0 saturated carbocycles. The van der Waals surface area contributed by atoms with Crippen molar-refractivity contribution in [3.8, 4) is 0 Å². The van der Waals surface area contributed by atoms with Crippen molar-refractivity contribution in [2.24, 2.45) is 5.73 Å². The molecule has 0 bridgehead atoms. The van der Waals surface area contributed by atoms with Gasteiger partial charge in [0, 0.05) is 18.8 Å². The zero-order valence-electron chi connectivity index (χ0n) is 10.7. The molecule has 1 aromatic carbocycles. The Balaban J connectivity index is 2.11. The van der Waals surface area contributed by atoms with Gasteiger partial charge in [0.15, 0.2) is 0 Å². The molecule has 2 aromatic rings. The Hall–Kier alpha value is -1.68. The van der Waals surface area contributed by atoms with E-state index in [1.54, 1.807) is 13.0 Å². The van der Waals surface area contributed by atoms with Gasteiger partial charge < -0.3 is 5.73 Å². The molecule has 0 aliphatic heterocycles. The summed E-state index contributed by atoms with van der Waals surface area (Å²) in [5.41, 5.74) is 8.63. The number of hydrogen-bond acceptors (Lipinski definition) is 2. The molecular weight excluding hydrogens is 229 g/mol. The van der Waals surface area contributed by atoms with Crippen LogP contribution in [0.25, 0.3) is 0 Å². The van der Waals surface area contributed by atoms with E-state index in [0.29, 0.717) is 12.0 Å². The standard InChI is InChI=1S/C14H18FN3/c1-3-18-9-11(8-17-18)6-14(16)12-5-4-10(2)13(15)7-12/h4-5,7-9,14H,3,6,16H2,1-2H3. The quantitative estimate of drug-likeness (QED) is 0.902. The molecule has 1 unspecified atom stereocenters. The van der Waals surface area contributed by atoms with Crippen molar-refractivity contribution in [2.75, 3.05) is 0 Å². The summed E-state index contributed by atoms with van der Waals surface area (Å²) in [6.07, 6.45) is 4.46. The fourth-order valence-electron chi connectivity index (χ4n) is 1.90. The first-order chi connectivity index (χ1) is 8.60. The van der Waals surface area contributed by atoms with Crippen molar-refractivity contribution in [1.82, 2.24) is 9.78 Å². The summed E-state index contributed by atoms with van der Waals surface area (Å²) >= 11 is 0. The van der Waals surface area contributed by atoms with E-state index < -0.39 is 0 Å². The molecule has 4 heteroatoms. The van der Waals surface area contributed by atoms with Gasteiger partial charge in [-0.25, -0.2) is 4.39 Å². The second-order valence-corrected chi connectivity index (χ2v) is 4.52. The molecule has 0 spiro atoms. The summed E-state index contributed by atoms with van der Waals surface area (Å²) in [5.74, 6) is -0.202. The van der Waals surface area contributed by atoms with Gasteiger partial charge in [0.05, 0.1) is 6.20 Å². The molecule has 0 aliphatic carbocycles. The number of nitrogens with zero attached hydrogens (tertiary/aromatic N) is 2. The lowest BCUT2D eigenvalue weighted by atomic mass is 10.0. The Bertz CT molecular complexity index is 534. The molecule has 1 atom stereocenters. The number of benzene rings is 1. The Morgan fingerprint density at radius 2 is 2.22 bits per heavy atom. The number of nitrogens with two attached hydrogens (primary N) is 1. The number of aryl methyl sites for hydroxylation is 2. The molecule has 0 saturated heterocycles. The first kappa shape index (κ1) is 12.8. The summed E-state index contributed by atoms with van der Waals surface area (Å²) in [4.78, 5) is 0. The third-order valence-electron chi connectivity index (χ3n) is 3.09. The van der Waals surface area contributed by atoms with Crippen LogP contribution in [0.4, 0.5) is 4.39 Å². The van der Waals surface area contributed by atoms with E-state index in [2.05, 4.69) is 5.10 Å². The van der Waals surface area contributed by atoms with Crippen LogP contribution in [0.15, 0.2) is 30.6 Å². The van der Waals surface area contributed by atoms with Crippen molar-refractivity contribution < 1.29 is 4.39 Å². The Labute approximate surface area is 106 Å². The molecule has 1 heterocycles. The zero-order chi connectivity index (χ0) is 13.1. The van der Waals surface area contributed by atoms with Crippen molar-refractivity contribution in [2.45, 2.75) is 32.9 Å². The smallest absolute Gasteiger partial charge is 0.126 e. The molecule has 18 heavy (non-hydrogen) atoms. The van der Waals surface area contributed by atoms with E-state index in [0.717, 1.165) is 17.7 Å². The Kier molecular flexibility index (Phi) is 3.77. The number of aromatic nitrogens is 2. The third kappa shape index (κ3) is 2.76. The van der Waals surface area contributed by atoms with Crippen molar-refractivity contribution in [3.05, 3.63) is 53.1 Å². The van der Waals surface area contributed by atoms with Crippen LogP contribution in [0, 0.1) is 12.7 Å². The van der Waals surface area contributed by atoms with Gasteiger partial charge in [-0.05, 0) is 43.0 Å². The molecule has 0 radical (unpaired) electrons. The minimum absolute atomic E-state index is 0.199. The molecule has 1 aromatic heterocycles. The second-order valence-electron chi connectivity index (χ2n) is 4.52. The molecule has 0 aliphatic rings. The third-order valence-corrected chi connectivity index (χ3v) is 3.09. The largest absolute Gasteiger partial charge is 0.324 e. The fraction of sp³-hybridized carbons (Fsp3) is 0.357. The van der Waals surface area contributed by atoms with Crippen LogP contribution in [-0.2, 0) is 13.0 Å². The number of halogens is 1. The lowest BCUT2D eigenvalue weighted by molar-refractivity contribution is 0.609. The van der Waals surface area contributed by atoms with Crippen LogP contribution in [0.2, 0.25) is 0 Å². The monoisotopic (exact) mass is 247 g/mol. The average Bonchev–Trinajstić information content (AvgIpc) is 2.80. The van der Waals surface area contributed by atoms with Gasteiger partial charge in [0.2, 0.25) is 0 Å². The van der Waals surface area contributed by atoms with Crippen LogP contribution < -0.4 is 5.73 Å². The SMILES string of the molecule is CCn1cc(CC(N)c2ccc(C)c(F)c2)cn1. The lowest BCUT2D eigenvalue weighted by Crippen LogP contribution is -2.13. The minimum atomic E-state index is -0.202. The molecule has 0 fully saturated rings. The highest BCUT2D eigenvalue weighted by Gasteiger charge is 2.10. The van der Waals surface area contributed by atoms with E-state index in [-0.39, 0.29) is 11.9 Å². The average molecular weight is 247 g/mol. The normalized spacial score (nSPS) is 12.7. The summed E-state index contributed by atoms with van der Waals surface area (Å²) in [7, 11) is 0. The molecule has 96 valence electrons. The van der Waals surface area contributed by atoms with Gasteiger partial charge in [0.1, 0.15) is 5.82 Å². The van der Waals surface area contributed by atoms with Crippen molar-refractivity contribution in [3.63, 3.8) is 0 Å². The van der Waals surface area contributed by atoms with Crippen molar-refractivity contribution in [1.29, 1.82) is 0 Å². The molecule has 3 nitrogen and oxygen atoms in total. The number of hydrogen-bond donors (Lipinski definition) is 1. The van der Waals surface area contributed by atoms with Gasteiger partial charge in [-0.3, -0.25) is 4.68 Å². The predicted molar refractivity (Wildman–Crippen MR) is 69.7 cm³/mol. The molecule has 2 rings (SSSR count). The van der Waals surface area contributed by atoms with E-state index >= 15 is 0 Å². The molecule has 0 amide bonds. The maximum Gasteiger partial charge on any atom is 0.126 e. The maximum atomic E-state index is 13.5. The number of rotatable bonds is 4. The second kappa shape index (κ2) is 5.31. The van der Waals surface area contributed by atoms with Gasteiger partial charge in [-0.2, -0.15) is 5.10 Å². The zero-order valence-corrected chi connectivity index (χ0v) is 10.7. The van der Waals surface area contributed by atoms with Crippen LogP contribution in [0.5, 0.6) is 0 Å². The van der Waals surface area contributed by atoms with Crippen LogP contribution in [0.1, 0.15) is 29.7 Å². The summed E-state index contributed by atoms with van der Waals surface area (Å²) in [5, 5.41) is 4.20. The fourth-order valence-corrected chi connectivity index (χ4v) is 1.90. The highest BCUT2D eigenvalue weighted by molar-refractivity contribution is 5.26. The summed E-state index contributed by atoms with van der Waals surface area (Å²) < 4.78 is 15.3. The topological polar surface area (TPSA) is 43.8 Å². The van der Waals surface area contributed by atoms with Crippen LogP contribution in [0.3, 0.4) is 0 Å². The molecule has 2 N–H and O–H groups in total. The van der Waals surface area contributed by atoms with E-state index in [1.807, 2.05) is 30.1 Å². The van der Waals surface area contributed by atoms with Gasteiger partial charge >= 0.3 is 0 Å². The highest BCUT2D eigenvalue weighted by Crippen LogP contribution is 2.18. The Morgan fingerprint density at radius 1 is 1.44 bits per heavy atom. The summed E-state index contributed by atoms with van der Waals surface area (Å²) in [6, 6.07) is 4.96. The molecular formula is C14H18FN3. The van der Waals surface area contributed by atoms with Crippen LogP contribution >= 0.6 is 0 Å². The van der Waals surface area contributed by atoms with Crippen LogP contribution in [-0.4, -0.2) is 9.78 Å². The summed E-state index contributed by atoms with van der Waals surface area (Å²) in [6.45, 7) is 4.62. The van der Waals surface area contributed by atoms with Gasteiger partial charge in [0.25, 0.3) is 0 Å². The van der Waals surface area contributed by atoms with Crippen molar-refractivity contribution >= 4 is 0 Å². The van der Waals surface area contributed by atoms with Gasteiger partial charge in [-0.1, -0.05) is 12.1 Å². The van der Waals surface area contributed by atoms with E-state index in [9.17, 15) is 4.39 Å². The first-order valence-electron chi connectivity index (χ1n) is 6.13.